The van der Waals surface area contributed by atoms with Gasteiger partial charge in [-0.25, -0.2) is 8.78 Å². The topological polar surface area (TPSA) is 95.1 Å². The molecule has 4 rings (SSSR count). The van der Waals surface area contributed by atoms with Gasteiger partial charge in [0.05, 0.1) is 18.5 Å². The molecule has 1 fully saturated rings. The second-order valence-electron chi connectivity index (χ2n) is 5.75. The lowest BCUT2D eigenvalue weighted by atomic mass is 10.2. The summed E-state index contributed by atoms with van der Waals surface area (Å²) in [5, 5.41) is 10.1. The first-order valence-corrected chi connectivity index (χ1v) is 7.72. The molecule has 8 nitrogen and oxygen atoms in total. The number of nitrogens with zero attached hydrogens (tertiary/aromatic N) is 4. The molecule has 0 aromatic carbocycles. The van der Waals surface area contributed by atoms with E-state index in [2.05, 4.69) is 20.6 Å². The van der Waals surface area contributed by atoms with Crippen LogP contribution in [0.25, 0.3) is 11.5 Å². The predicted molar refractivity (Wildman–Crippen MR) is 84.7 cm³/mol. The van der Waals surface area contributed by atoms with Gasteiger partial charge in [0.1, 0.15) is 18.3 Å². The molecule has 4 heterocycles. The summed E-state index contributed by atoms with van der Waals surface area (Å²) in [7, 11) is 0. The third kappa shape index (κ3) is 3.06. The smallest absolute Gasteiger partial charge is 0.295 e. The Balaban J connectivity index is 1.47. The number of pyridine rings is 1. The van der Waals surface area contributed by atoms with Crippen molar-refractivity contribution in [1.29, 1.82) is 0 Å². The molecule has 3 aromatic rings. The molecule has 1 amide bonds. The number of halogens is 2. The number of nitrogens with one attached hydrogen (secondary N) is 1. The molecule has 134 valence electrons. The lowest BCUT2D eigenvalue weighted by Crippen LogP contribution is -2.29. The largest absolute Gasteiger partial charge is 0.373 e. The lowest BCUT2D eigenvalue weighted by molar-refractivity contribution is -0.0349. The molecule has 26 heavy (non-hydrogen) atoms. The van der Waals surface area contributed by atoms with Gasteiger partial charge in [-0.1, -0.05) is 11.2 Å². The molecule has 0 saturated carbocycles. The van der Waals surface area contributed by atoms with Gasteiger partial charge in [-0.3, -0.25) is 14.5 Å². The molecule has 0 aliphatic carbocycles. The summed E-state index contributed by atoms with van der Waals surface area (Å²) in [6.45, 7) is -0.784. The molecule has 1 saturated heterocycles. The molecule has 1 N–H and O–H groups in total. The van der Waals surface area contributed by atoms with Gasteiger partial charge in [0, 0.05) is 18.5 Å². The van der Waals surface area contributed by atoms with Gasteiger partial charge >= 0.3 is 0 Å². The fourth-order valence-corrected chi connectivity index (χ4v) is 2.57. The maximum Gasteiger partial charge on any atom is 0.295 e. The molecular formula is C16H13F2N5O3. The van der Waals surface area contributed by atoms with Crippen molar-refractivity contribution in [2.24, 2.45) is 0 Å². The number of carbonyl (C=O) groups is 1. The van der Waals surface area contributed by atoms with Crippen LogP contribution in [0.15, 0.2) is 47.4 Å². The summed E-state index contributed by atoms with van der Waals surface area (Å²) in [6.07, 6.45) is 4.20. The summed E-state index contributed by atoms with van der Waals surface area (Å²) in [6, 6.07) is 5.50. The van der Waals surface area contributed by atoms with Crippen LogP contribution in [0.2, 0.25) is 0 Å². The van der Waals surface area contributed by atoms with Gasteiger partial charge < -0.3 is 14.6 Å². The minimum atomic E-state index is -3.00. The summed E-state index contributed by atoms with van der Waals surface area (Å²) in [5.41, 5.74) is 0.836. The molecule has 0 radical (unpaired) electrons. The molecule has 10 heteroatoms. The number of rotatable bonds is 4. The molecule has 1 aliphatic rings. The van der Waals surface area contributed by atoms with E-state index in [0.29, 0.717) is 11.5 Å². The highest BCUT2D eigenvalue weighted by Gasteiger charge is 2.47. The Morgan fingerprint density at radius 1 is 1.38 bits per heavy atom. The molecule has 1 atom stereocenters. The van der Waals surface area contributed by atoms with Crippen LogP contribution in [-0.2, 0) is 4.74 Å². The van der Waals surface area contributed by atoms with Crippen LogP contribution in [-0.4, -0.2) is 45.0 Å². The van der Waals surface area contributed by atoms with E-state index in [9.17, 15) is 13.6 Å². The average Bonchev–Trinajstić information content (AvgIpc) is 3.35. The van der Waals surface area contributed by atoms with Crippen molar-refractivity contribution in [3.63, 3.8) is 0 Å². The standard InChI is InChI=1S/C16H13F2N5O3/c17-16(18)9-25-8-14(16)23-7-10(6-20-23)21-15(24)12-5-13(26-22-12)11-3-1-2-4-19-11/h1-7,14H,8-9H2,(H,21,24). The van der Waals surface area contributed by atoms with Crippen molar-refractivity contribution >= 4 is 11.6 Å². The van der Waals surface area contributed by atoms with Crippen LogP contribution < -0.4 is 5.32 Å². The summed E-state index contributed by atoms with van der Waals surface area (Å²) in [4.78, 5) is 16.4. The van der Waals surface area contributed by atoms with Gasteiger partial charge in [-0.15, -0.1) is 0 Å². The Hall–Kier alpha value is -3.14. The van der Waals surface area contributed by atoms with Gasteiger partial charge in [-0.2, -0.15) is 5.10 Å². The lowest BCUT2D eigenvalue weighted by Gasteiger charge is -2.16. The SMILES string of the molecule is O=C(Nc1cnn(C2COCC2(F)F)c1)c1cc(-c2ccccn2)on1. The molecule has 1 aliphatic heterocycles. The van der Waals surface area contributed by atoms with Crippen LogP contribution in [0.3, 0.4) is 0 Å². The van der Waals surface area contributed by atoms with Crippen LogP contribution in [0.4, 0.5) is 14.5 Å². The Labute approximate surface area is 145 Å². The fraction of sp³-hybridized carbons (Fsp3) is 0.250. The minimum absolute atomic E-state index is 0.0351. The quantitative estimate of drug-likeness (QED) is 0.767. The predicted octanol–water partition coefficient (Wildman–Crippen LogP) is 2.39. The van der Waals surface area contributed by atoms with Gasteiger partial charge in [0.2, 0.25) is 0 Å². The molecule has 3 aromatic heterocycles. The van der Waals surface area contributed by atoms with Crippen molar-refractivity contribution < 1.29 is 22.8 Å². The van der Waals surface area contributed by atoms with E-state index in [4.69, 9.17) is 9.26 Å². The monoisotopic (exact) mass is 361 g/mol. The molecule has 0 spiro atoms. The summed E-state index contributed by atoms with van der Waals surface area (Å²) in [5.74, 6) is -3.21. The number of carbonyl (C=O) groups excluding carboxylic acids is 1. The van der Waals surface area contributed by atoms with Gasteiger partial charge in [0.25, 0.3) is 11.8 Å². The average molecular weight is 361 g/mol. The maximum atomic E-state index is 13.7. The Morgan fingerprint density at radius 2 is 2.27 bits per heavy atom. The van der Waals surface area contributed by atoms with E-state index < -0.39 is 24.5 Å². The van der Waals surface area contributed by atoms with E-state index in [1.165, 1.54) is 18.5 Å². The Bertz CT molecular complexity index is 925. The minimum Gasteiger partial charge on any atom is -0.373 e. The van der Waals surface area contributed by atoms with Crippen molar-refractivity contribution in [2.45, 2.75) is 12.0 Å². The normalized spacial score (nSPS) is 18.8. The number of hydrogen-bond donors (Lipinski definition) is 1. The van der Waals surface area contributed by atoms with Crippen LogP contribution in [0.5, 0.6) is 0 Å². The van der Waals surface area contributed by atoms with Crippen LogP contribution >= 0.6 is 0 Å². The zero-order valence-corrected chi connectivity index (χ0v) is 13.3. The second-order valence-corrected chi connectivity index (χ2v) is 5.75. The number of amides is 1. The number of hydrogen-bond acceptors (Lipinski definition) is 6. The fourth-order valence-electron chi connectivity index (χ4n) is 2.57. The van der Waals surface area contributed by atoms with E-state index in [1.807, 2.05) is 0 Å². The Kier molecular flexibility index (Phi) is 3.96. The molecule has 1 unspecified atom stereocenters. The number of alkyl halides is 2. The number of anilines is 1. The highest BCUT2D eigenvalue weighted by Crippen LogP contribution is 2.35. The van der Waals surface area contributed by atoms with E-state index in [1.54, 1.807) is 24.4 Å². The zero-order valence-electron chi connectivity index (χ0n) is 13.3. The first-order chi connectivity index (χ1) is 12.5. The van der Waals surface area contributed by atoms with Gasteiger partial charge in [0.15, 0.2) is 11.5 Å². The van der Waals surface area contributed by atoms with Crippen molar-refractivity contribution in [3.8, 4) is 11.5 Å². The maximum absolute atomic E-state index is 13.7. The van der Waals surface area contributed by atoms with Crippen molar-refractivity contribution in [3.05, 3.63) is 48.5 Å². The third-order valence-corrected chi connectivity index (χ3v) is 3.90. The van der Waals surface area contributed by atoms with Gasteiger partial charge in [-0.05, 0) is 12.1 Å². The highest BCUT2D eigenvalue weighted by atomic mass is 19.3. The van der Waals surface area contributed by atoms with Crippen LogP contribution in [0.1, 0.15) is 16.5 Å². The van der Waals surface area contributed by atoms with E-state index in [-0.39, 0.29) is 18.0 Å². The van der Waals surface area contributed by atoms with E-state index >= 15 is 0 Å². The first kappa shape index (κ1) is 16.3. The van der Waals surface area contributed by atoms with Crippen molar-refractivity contribution in [1.82, 2.24) is 19.9 Å². The van der Waals surface area contributed by atoms with E-state index in [0.717, 1.165) is 4.68 Å². The summed E-state index contributed by atoms with van der Waals surface area (Å²) < 4.78 is 38.4. The third-order valence-electron chi connectivity index (χ3n) is 3.90. The number of ether oxygens (including phenoxy) is 1. The first-order valence-electron chi connectivity index (χ1n) is 7.72. The van der Waals surface area contributed by atoms with Crippen molar-refractivity contribution in [2.75, 3.05) is 18.5 Å². The number of aromatic nitrogens is 4. The molecular weight excluding hydrogens is 348 g/mol. The van der Waals surface area contributed by atoms with Crippen LogP contribution in [0, 0.1) is 0 Å². The zero-order chi connectivity index (χ0) is 18.1. The highest BCUT2D eigenvalue weighted by molar-refractivity contribution is 6.03. The molecule has 0 bridgehead atoms. The Morgan fingerprint density at radius 3 is 3.00 bits per heavy atom. The second kappa shape index (κ2) is 6.30. The summed E-state index contributed by atoms with van der Waals surface area (Å²) >= 11 is 0.